The van der Waals surface area contributed by atoms with Gasteiger partial charge in [0.15, 0.2) is 0 Å². The minimum Gasteiger partial charge on any atom is -0.481 e. The number of carboxylic acid groups (broad SMARTS) is 1. The Labute approximate surface area is 73.3 Å². The molecule has 0 saturated heterocycles. The highest BCUT2D eigenvalue weighted by atomic mass is 16.4. The summed E-state index contributed by atoms with van der Waals surface area (Å²) in [6, 6.07) is 0. The van der Waals surface area contributed by atoms with Crippen molar-refractivity contribution in [2.24, 2.45) is 17.3 Å². The molecule has 1 saturated carbocycles. The highest BCUT2D eigenvalue weighted by molar-refractivity contribution is 5.76. The van der Waals surface area contributed by atoms with Crippen LogP contribution in [0.25, 0.3) is 0 Å². The molecule has 0 aromatic rings. The van der Waals surface area contributed by atoms with E-state index < -0.39 is 5.97 Å². The molecule has 1 fully saturated rings. The first-order valence-electron chi connectivity index (χ1n) is 4.43. The summed E-state index contributed by atoms with van der Waals surface area (Å²) in [6.07, 6.45) is 4.91. The van der Waals surface area contributed by atoms with Crippen LogP contribution in [0, 0.1) is 17.3 Å². The molecule has 0 heterocycles. The second kappa shape index (κ2) is 2.92. The van der Waals surface area contributed by atoms with Crippen LogP contribution >= 0.6 is 0 Å². The average Bonchev–Trinajstić information content (AvgIpc) is 2.59. The maximum atomic E-state index is 10.8. The van der Waals surface area contributed by atoms with Crippen LogP contribution in [0.5, 0.6) is 0 Å². The van der Waals surface area contributed by atoms with Crippen molar-refractivity contribution < 1.29 is 9.90 Å². The van der Waals surface area contributed by atoms with Crippen LogP contribution in [0.3, 0.4) is 0 Å². The molecule has 2 heteroatoms. The Morgan fingerprint density at radius 1 is 1.67 bits per heavy atom. The molecule has 3 atom stereocenters. The van der Waals surface area contributed by atoms with Gasteiger partial charge in [-0.3, -0.25) is 4.79 Å². The van der Waals surface area contributed by atoms with Crippen LogP contribution in [0.15, 0.2) is 12.2 Å². The maximum Gasteiger partial charge on any atom is 0.307 e. The van der Waals surface area contributed by atoms with Crippen molar-refractivity contribution in [3.05, 3.63) is 12.2 Å². The summed E-state index contributed by atoms with van der Waals surface area (Å²) >= 11 is 0. The predicted molar refractivity (Wildman–Crippen MR) is 47.8 cm³/mol. The molecule has 0 bridgehead atoms. The van der Waals surface area contributed by atoms with Gasteiger partial charge in [-0.15, -0.1) is 0 Å². The zero-order valence-corrected chi connectivity index (χ0v) is 7.87. The molecule has 1 N–H and O–H groups in total. The summed E-state index contributed by atoms with van der Waals surface area (Å²) in [5.74, 6) is -0.550. The lowest BCUT2D eigenvalue weighted by atomic mass is 10.0. The lowest BCUT2D eigenvalue weighted by molar-refractivity contribution is -0.139. The van der Waals surface area contributed by atoms with Crippen molar-refractivity contribution in [2.45, 2.75) is 27.2 Å². The van der Waals surface area contributed by atoms with Crippen LogP contribution in [-0.2, 0) is 4.79 Å². The average molecular weight is 168 g/mol. The Morgan fingerprint density at radius 2 is 2.25 bits per heavy atom. The fraction of sp³-hybridized carbons (Fsp3) is 0.700. The van der Waals surface area contributed by atoms with E-state index in [1.165, 1.54) is 0 Å². The third-order valence-corrected chi connectivity index (χ3v) is 3.15. The molecule has 1 rings (SSSR count). The molecule has 0 radical (unpaired) electrons. The topological polar surface area (TPSA) is 37.3 Å². The molecule has 68 valence electrons. The molecular formula is C10H16O2. The largest absolute Gasteiger partial charge is 0.481 e. The van der Waals surface area contributed by atoms with E-state index in [-0.39, 0.29) is 17.3 Å². The van der Waals surface area contributed by atoms with E-state index in [0.717, 1.165) is 6.42 Å². The SMILES string of the molecule is CC=CC1C(C(=O)O)C1(C)CC. The molecule has 0 aromatic heterocycles. The van der Waals surface area contributed by atoms with Crippen LogP contribution in [0.4, 0.5) is 0 Å². The number of allylic oxidation sites excluding steroid dienone is 2. The van der Waals surface area contributed by atoms with E-state index in [4.69, 9.17) is 5.11 Å². The van der Waals surface area contributed by atoms with Gasteiger partial charge in [-0.25, -0.2) is 0 Å². The molecular weight excluding hydrogens is 152 g/mol. The number of carboxylic acids is 1. The fourth-order valence-electron chi connectivity index (χ4n) is 2.03. The number of hydrogen-bond donors (Lipinski definition) is 1. The third kappa shape index (κ3) is 1.15. The normalized spacial score (nSPS) is 40.2. The maximum absolute atomic E-state index is 10.8. The molecule has 0 aliphatic heterocycles. The van der Waals surface area contributed by atoms with Crippen LogP contribution < -0.4 is 0 Å². The Hall–Kier alpha value is -0.790. The van der Waals surface area contributed by atoms with Gasteiger partial charge < -0.3 is 5.11 Å². The third-order valence-electron chi connectivity index (χ3n) is 3.15. The summed E-state index contributed by atoms with van der Waals surface area (Å²) in [5, 5.41) is 8.88. The monoisotopic (exact) mass is 168 g/mol. The van der Waals surface area contributed by atoms with Crippen molar-refractivity contribution in [1.82, 2.24) is 0 Å². The van der Waals surface area contributed by atoms with Gasteiger partial charge in [-0.1, -0.05) is 26.0 Å². The quantitative estimate of drug-likeness (QED) is 0.656. The first-order valence-corrected chi connectivity index (χ1v) is 4.43. The Kier molecular flexibility index (Phi) is 2.27. The van der Waals surface area contributed by atoms with Gasteiger partial charge >= 0.3 is 5.97 Å². The Bertz CT molecular complexity index is 220. The standard InChI is InChI=1S/C10H16O2/c1-4-6-7-8(9(11)12)10(7,3)5-2/h4,6-8H,5H2,1-3H3,(H,11,12). The van der Waals surface area contributed by atoms with Gasteiger partial charge in [0.25, 0.3) is 0 Å². The molecule has 0 spiro atoms. The minimum absolute atomic E-state index is 0.0122. The number of hydrogen-bond acceptors (Lipinski definition) is 1. The van der Waals surface area contributed by atoms with Gasteiger partial charge in [-0.05, 0) is 24.7 Å². The van der Waals surface area contributed by atoms with Gasteiger partial charge in [0.1, 0.15) is 0 Å². The Morgan fingerprint density at radius 3 is 2.50 bits per heavy atom. The lowest BCUT2D eigenvalue weighted by Gasteiger charge is -2.03. The molecule has 3 unspecified atom stereocenters. The first kappa shape index (κ1) is 9.30. The van der Waals surface area contributed by atoms with E-state index in [1.54, 1.807) is 0 Å². The van der Waals surface area contributed by atoms with Crippen LogP contribution in [0.2, 0.25) is 0 Å². The van der Waals surface area contributed by atoms with Gasteiger partial charge in [-0.2, -0.15) is 0 Å². The summed E-state index contributed by atoms with van der Waals surface area (Å²) < 4.78 is 0. The van der Waals surface area contributed by atoms with Gasteiger partial charge in [0.05, 0.1) is 5.92 Å². The molecule has 1 aliphatic carbocycles. The van der Waals surface area contributed by atoms with E-state index in [1.807, 2.05) is 19.1 Å². The van der Waals surface area contributed by atoms with Crippen LogP contribution in [0.1, 0.15) is 27.2 Å². The first-order chi connectivity index (χ1) is 5.57. The molecule has 2 nitrogen and oxygen atoms in total. The zero-order chi connectivity index (χ0) is 9.35. The Balaban J connectivity index is 2.73. The highest BCUT2D eigenvalue weighted by Crippen LogP contribution is 2.61. The molecule has 1 aliphatic rings. The van der Waals surface area contributed by atoms with Gasteiger partial charge in [0.2, 0.25) is 0 Å². The van der Waals surface area contributed by atoms with Crippen molar-refractivity contribution in [1.29, 1.82) is 0 Å². The number of aliphatic carboxylic acids is 1. The van der Waals surface area contributed by atoms with Crippen molar-refractivity contribution in [3.8, 4) is 0 Å². The van der Waals surface area contributed by atoms with Crippen molar-refractivity contribution in [3.63, 3.8) is 0 Å². The lowest BCUT2D eigenvalue weighted by Crippen LogP contribution is -2.05. The predicted octanol–water partition coefficient (Wildman–Crippen LogP) is 2.31. The second-order valence-electron chi connectivity index (χ2n) is 3.73. The summed E-state index contributed by atoms with van der Waals surface area (Å²) in [7, 11) is 0. The van der Waals surface area contributed by atoms with Crippen LogP contribution in [-0.4, -0.2) is 11.1 Å². The van der Waals surface area contributed by atoms with E-state index in [0.29, 0.717) is 0 Å². The summed E-state index contributed by atoms with van der Waals surface area (Å²) in [4.78, 5) is 10.8. The number of rotatable bonds is 3. The van der Waals surface area contributed by atoms with E-state index >= 15 is 0 Å². The van der Waals surface area contributed by atoms with E-state index in [9.17, 15) is 4.79 Å². The molecule has 12 heavy (non-hydrogen) atoms. The molecule has 0 amide bonds. The van der Waals surface area contributed by atoms with Crippen molar-refractivity contribution >= 4 is 5.97 Å². The van der Waals surface area contributed by atoms with Gasteiger partial charge in [0, 0.05) is 0 Å². The second-order valence-corrected chi connectivity index (χ2v) is 3.73. The van der Waals surface area contributed by atoms with Crippen molar-refractivity contribution in [2.75, 3.05) is 0 Å². The fourth-order valence-corrected chi connectivity index (χ4v) is 2.03. The zero-order valence-electron chi connectivity index (χ0n) is 7.87. The number of carbonyl (C=O) groups is 1. The minimum atomic E-state index is -0.651. The smallest absolute Gasteiger partial charge is 0.307 e. The molecule has 0 aromatic carbocycles. The van der Waals surface area contributed by atoms with E-state index in [2.05, 4.69) is 13.8 Å². The summed E-state index contributed by atoms with van der Waals surface area (Å²) in [5.41, 5.74) is 0.0122. The summed E-state index contributed by atoms with van der Waals surface area (Å²) in [6.45, 7) is 6.04. The highest BCUT2D eigenvalue weighted by Gasteiger charge is 2.62.